The zero-order valence-electron chi connectivity index (χ0n) is 11.7. The lowest BCUT2D eigenvalue weighted by Crippen LogP contribution is -2.38. The van der Waals surface area contributed by atoms with Gasteiger partial charge in [-0.15, -0.1) is 0 Å². The summed E-state index contributed by atoms with van der Waals surface area (Å²) in [5.74, 6) is 0. The number of hydrogen-bond acceptors (Lipinski definition) is 3. The van der Waals surface area contributed by atoms with E-state index in [1.54, 1.807) is 4.68 Å². The SMILES string of the molecule is Cc1nn(C)c(CC(CO)(CO)c2ccccc2)c1Cl. The first-order valence-corrected chi connectivity index (χ1v) is 6.87. The number of aromatic nitrogens is 2. The zero-order chi connectivity index (χ0) is 14.8. The summed E-state index contributed by atoms with van der Waals surface area (Å²) in [7, 11) is 1.82. The van der Waals surface area contributed by atoms with Crippen molar-refractivity contribution in [3.63, 3.8) is 0 Å². The average Bonchev–Trinajstić information content (AvgIpc) is 2.71. The van der Waals surface area contributed by atoms with E-state index >= 15 is 0 Å². The monoisotopic (exact) mass is 294 g/mol. The summed E-state index contributed by atoms with van der Waals surface area (Å²) < 4.78 is 1.71. The first-order chi connectivity index (χ1) is 9.54. The lowest BCUT2D eigenvalue weighted by atomic mass is 9.78. The number of aliphatic hydroxyl groups is 2. The summed E-state index contributed by atoms with van der Waals surface area (Å²) in [6.45, 7) is 1.52. The highest BCUT2D eigenvalue weighted by Gasteiger charge is 2.33. The van der Waals surface area contributed by atoms with Crippen LogP contribution in [0.3, 0.4) is 0 Å². The molecule has 0 saturated heterocycles. The highest BCUT2D eigenvalue weighted by Crippen LogP contribution is 2.31. The second kappa shape index (κ2) is 5.95. The smallest absolute Gasteiger partial charge is 0.0847 e. The van der Waals surface area contributed by atoms with Gasteiger partial charge in [0.15, 0.2) is 0 Å². The molecule has 5 heteroatoms. The molecule has 0 unspecified atom stereocenters. The van der Waals surface area contributed by atoms with Crippen molar-refractivity contribution < 1.29 is 10.2 Å². The van der Waals surface area contributed by atoms with Gasteiger partial charge in [-0.1, -0.05) is 41.9 Å². The number of rotatable bonds is 5. The molecule has 0 amide bonds. The van der Waals surface area contributed by atoms with Crippen LogP contribution in [0.5, 0.6) is 0 Å². The van der Waals surface area contributed by atoms with Gasteiger partial charge in [-0.3, -0.25) is 4.68 Å². The molecule has 2 aromatic rings. The number of benzene rings is 1. The first kappa shape index (κ1) is 15.0. The Bertz CT molecular complexity index is 577. The minimum atomic E-state index is -0.759. The molecule has 0 aliphatic carbocycles. The maximum Gasteiger partial charge on any atom is 0.0847 e. The van der Waals surface area contributed by atoms with Crippen LogP contribution in [0.2, 0.25) is 5.02 Å². The average molecular weight is 295 g/mol. The molecule has 0 radical (unpaired) electrons. The van der Waals surface area contributed by atoms with E-state index in [9.17, 15) is 10.2 Å². The quantitative estimate of drug-likeness (QED) is 0.885. The Balaban J connectivity index is 2.45. The molecule has 0 aliphatic heterocycles. The fourth-order valence-electron chi connectivity index (χ4n) is 2.43. The predicted octanol–water partition coefficient (Wildman–Crippen LogP) is 1.85. The van der Waals surface area contributed by atoms with Gasteiger partial charge in [0.2, 0.25) is 0 Å². The number of aryl methyl sites for hydroxylation is 2. The molecule has 0 bridgehead atoms. The molecule has 2 N–H and O–H groups in total. The van der Waals surface area contributed by atoms with Gasteiger partial charge in [-0.2, -0.15) is 5.10 Å². The largest absolute Gasteiger partial charge is 0.395 e. The maximum absolute atomic E-state index is 9.85. The summed E-state index contributed by atoms with van der Waals surface area (Å²) in [5, 5.41) is 24.6. The molecule has 0 aliphatic rings. The summed E-state index contributed by atoms with van der Waals surface area (Å²) in [6, 6.07) is 9.51. The van der Waals surface area contributed by atoms with E-state index in [1.807, 2.05) is 44.3 Å². The van der Waals surface area contributed by atoms with Crippen LogP contribution < -0.4 is 0 Å². The van der Waals surface area contributed by atoms with E-state index in [0.717, 1.165) is 17.0 Å². The van der Waals surface area contributed by atoms with E-state index in [1.165, 1.54) is 0 Å². The van der Waals surface area contributed by atoms with Crippen molar-refractivity contribution in [1.29, 1.82) is 0 Å². The Morgan fingerprint density at radius 2 is 1.80 bits per heavy atom. The van der Waals surface area contributed by atoms with Gasteiger partial charge < -0.3 is 10.2 Å². The molecular formula is C15H19ClN2O2. The Kier molecular flexibility index (Phi) is 4.48. The third-order valence-corrected chi connectivity index (χ3v) is 4.25. The van der Waals surface area contributed by atoms with Crippen molar-refractivity contribution in [2.45, 2.75) is 18.8 Å². The van der Waals surface area contributed by atoms with Crippen molar-refractivity contribution in [2.75, 3.05) is 13.2 Å². The van der Waals surface area contributed by atoms with Crippen molar-refractivity contribution in [3.05, 3.63) is 52.3 Å². The van der Waals surface area contributed by atoms with Crippen molar-refractivity contribution in [1.82, 2.24) is 9.78 Å². The van der Waals surface area contributed by atoms with E-state index in [2.05, 4.69) is 5.10 Å². The molecule has 0 spiro atoms. The maximum atomic E-state index is 9.85. The lowest BCUT2D eigenvalue weighted by Gasteiger charge is -2.30. The number of nitrogens with zero attached hydrogens (tertiary/aromatic N) is 2. The Morgan fingerprint density at radius 3 is 2.25 bits per heavy atom. The normalized spacial score (nSPS) is 11.8. The first-order valence-electron chi connectivity index (χ1n) is 6.49. The summed E-state index contributed by atoms with van der Waals surface area (Å²) in [5.41, 5.74) is 1.70. The fraction of sp³-hybridized carbons (Fsp3) is 0.400. The highest BCUT2D eigenvalue weighted by molar-refractivity contribution is 6.31. The second-order valence-electron chi connectivity index (χ2n) is 5.11. The predicted molar refractivity (Wildman–Crippen MR) is 79.0 cm³/mol. The Labute approximate surface area is 123 Å². The molecular weight excluding hydrogens is 276 g/mol. The second-order valence-corrected chi connectivity index (χ2v) is 5.49. The van der Waals surface area contributed by atoms with E-state index in [4.69, 9.17) is 11.6 Å². The molecule has 2 rings (SSSR count). The van der Waals surface area contributed by atoms with Crippen LogP contribution >= 0.6 is 11.6 Å². The third-order valence-electron chi connectivity index (χ3n) is 3.76. The van der Waals surface area contributed by atoms with Gasteiger partial charge in [0, 0.05) is 18.9 Å². The number of halogens is 1. The zero-order valence-corrected chi connectivity index (χ0v) is 12.4. The topological polar surface area (TPSA) is 58.3 Å². The van der Waals surface area contributed by atoms with E-state index < -0.39 is 5.41 Å². The van der Waals surface area contributed by atoms with Gasteiger partial charge in [-0.05, 0) is 12.5 Å². The van der Waals surface area contributed by atoms with Crippen LogP contribution in [-0.4, -0.2) is 33.2 Å². The van der Waals surface area contributed by atoms with Gasteiger partial charge >= 0.3 is 0 Å². The van der Waals surface area contributed by atoms with E-state index in [-0.39, 0.29) is 13.2 Å². The molecule has 20 heavy (non-hydrogen) atoms. The fourth-order valence-corrected chi connectivity index (χ4v) is 2.66. The minimum Gasteiger partial charge on any atom is -0.395 e. The van der Waals surface area contributed by atoms with Crippen LogP contribution in [-0.2, 0) is 18.9 Å². The van der Waals surface area contributed by atoms with Crippen molar-refractivity contribution in [2.24, 2.45) is 7.05 Å². The van der Waals surface area contributed by atoms with Crippen molar-refractivity contribution in [3.8, 4) is 0 Å². The third kappa shape index (κ3) is 2.59. The van der Waals surface area contributed by atoms with Crippen molar-refractivity contribution >= 4 is 11.6 Å². The van der Waals surface area contributed by atoms with E-state index in [0.29, 0.717) is 11.4 Å². The molecule has 1 aromatic heterocycles. The van der Waals surface area contributed by atoms with Gasteiger partial charge in [-0.25, -0.2) is 0 Å². The standard InChI is InChI=1S/C15H19ClN2O2/c1-11-14(16)13(18(2)17-11)8-15(9-19,10-20)12-6-4-3-5-7-12/h3-7,19-20H,8-10H2,1-2H3. The lowest BCUT2D eigenvalue weighted by molar-refractivity contribution is 0.115. The summed E-state index contributed by atoms with van der Waals surface area (Å²) in [6.07, 6.45) is 0.431. The molecule has 0 atom stereocenters. The molecule has 4 nitrogen and oxygen atoms in total. The molecule has 108 valence electrons. The van der Waals surface area contributed by atoms with Gasteiger partial charge in [0.1, 0.15) is 0 Å². The van der Waals surface area contributed by atoms with Crippen LogP contribution in [0.4, 0.5) is 0 Å². The van der Waals surface area contributed by atoms with Gasteiger partial charge in [0.05, 0.1) is 29.6 Å². The molecule has 1 aromatic carbocycles. The molecule has 0 saturated carbocycles. The molecule has 1 heterocycles. The van der Waals surface area contributed by atoms with Crippen LogP contribution in [0, 0.1) is 6.92 Å². The number of hydrogen-bond donors (Lipinski definition) is 2. The van der Waals surface area contributed by atoms with Crippen LogP contribution in [0.25, 0.3) is 0 Å². The molecule has 0 fully saturated rings. The van der Waals surface area contributed by atoms with Crippen LogP contribution in [0.15, 0.2) is 30.3 Å². The van der Waals surface area contributed by atoms with Crippen LogP contribution in [0.1, 0.15) is 17.0 Å². The Hall–Kier alpha value is -1.36. The number of aliphatic hydroxyl groups excluding tert-OH is 2. The van der Waals surface area contributed by atoms with Gasteiger partial charge in [0.25, 0.3) is 0 Å². The minimum absolute atomic E-state index is 0.159. The summed E-state index contributed by atoms with van der Waals surface area (Å²) in [4.78, 5) is 0. The summed E-state index contributed by atoms with van der Waals surface area (Å²) >= 11 is 6.27. The Morgan fingerprint density at radius 1 is 1.20 bits per heavy atom. The highest BCUT2D eigenvalue weighted by atomic mass is 35.5.